The maximum Gasteiger partial charge on any atom is 0.194 e. The first kappa shape index (κ1) is 16.3. The third-order valence-electron chi connectivity index (χ3n) is 5.78. The molecule has 1 fully saturated rings. The van der Waals surface area contributed by atoms with Gasteiger partial charge in [0.15, 0.2) is 11.8 Å². The van der Waals surface area contributed by atoms with Gasteiger partial charge >= 0.3 is 0 Å². The molecule has 1 aromatic rings. The Morgan fingerprint density at radius 1 is 1.22 bits per heavy atom. The average molecular weight is 318 g/mol. The zero-order chi connectivity index (χ0) is 16.7. The molecule has 1 N–H and O–H groups in total. The number of aromatic nitrogens is 3. The number of hydrogen-bond acceptors (Lipinski definition) is 3. The van der Waals surface area contributed by atoms with Crippen LogP contribution in [0.3, 0.4) is 0 Å². The van der Waals surface area contributed by atoms with Gasteiger partial charge in [0.05, 0.1) is 0 Å². The summed E-state index contributed by atoms with van der Waals surface area (Å²) in [6.45, 7) is 14.9. The summed E-state index contributed by atoms with van der Waals surface area (Å²) in [7, 11) is 0. The summed E-state index contributed by atoms with van der Waals surface area (Å²) in [5.41, 5.74) is 0.412. The van der Waals surface area contributed by atoms with Crippen molar-refractivity contribution >= 4 is 5.96 Å². The zero-order valence-corrected chi connectivity index (χ0v) is 15.2. The maximum atomic E-state index is 4.86. The van der Waals surface area contributed by atoms with Crippen LogP contribution in [0.1, 0.15) is 59.1 Å². The van der Waals surface area contributed by atoms with Crippen LogP contribution in [0.2, 0.25) is 0 Å². The summed E-state index contributed by atoms with van der Waals surface area (Å²) in [4.78, 5) is 7.23. The summed E-state index contributed by atoms with van der Waals surface area (Å²) in [6.07, 6.45) is 3.49. The third kappa shape index (κ3) is 2.72. The van der Waals surface area contributed by atoms with Crippen LogP contribution in [-0.2, 0) is 19.5 Å². The number of nitrogens with zero attached hydrogens (tertiary/aromatic N) is 5. The number of likely N-dealkylation sites (tertiary alicyclic amines) is 1. The van der Waals surface area contributed by atoms with Crippen molar-refractivity contribution < 1.29 is 0 Å². The van der Waals surface area contributed by atoms with Crippen molar-refractivity contribution in [2.45, 2.75) is 72.5 Å². The van der Waals surface area contributed by atoms with E-state index in [9.17, 15) is 0 Å². The Bertz CT molecular complexity index is 598. The molecule has 6 heteroatoms. The summed E-state index contributed by atoms with van der Waals surface area (Å²) < 4.78 is 2.25. The van der Waals surface area contributed by atoms with Gasteiger partial charge in [0.25, 0.3) is 0 Å². The van der Waals surface area contributed by atoms with Crippen molar-refractivity contribution in [2.75, 3.05) is 13.1 Å². The van der Waals surface area contributed by atoms with Crippen molar-refractivity contribution in [3.8, 4) is 0 Å². The predicted octanol–water partition coefficient (Wildman–Crippen LogP) is 2.20. The van der Waals surface area contributed by atoms with E-state index in [1.807, 2.05) is 0 Å². The number of nitrogens with one attached hydrogen (secondary N) is 1. The number of guanidine groups is 1. The third-order valence-corrected chi connectivity index (χ3v) is 5.78. The highest BCUT2D eigenvalue weighted by Crippen LogP contribution is 2.46. The van der Waals surface area contributed by atoms with Crippen LogP contribution < -0.4 is 5.32 Å². The van der Waals surface area contributed by atoms with Crippen LogP contribution >= 0.6 is 0 Å². The lowest BCUT2D eigenvalue weighted by Crippen LogP contribution is -2.72. The fourth-order valence-electron chi connectivity index (χ4n) is 3.43. The normalized spacial score (nSPS) is 22.5. The monoisotopic (exact) mass is 318 g/mol. The molecule has 0 unspecified atom stereocenters. The van der Waals surface area contributed by atoms with Crippen molar-refractivity contribution in [1.82, 2.24) is 25.0 Å². The fourth-order valence-corrected chi connectivity index (χ4v) is 3.43. The van der Waals surface area contributed by atoms with E-state index in [0.29, 0.717) is 12.0 Å². The highest BCUT2D eigenvalue weighted by atomic mass is 15.4. The molecule has 1 aromatic heterocycles. The van der Waals surface area contributed by atoms with Crippen LogP contribution in [-0.4, -0.2) is 44.3 Å². The van der Waals surface area contributed by atoms with Crippen molar-refractivity contribution in [3.63, 3.8) is 0 Å². The first-order chi connectivity index (χ1) is 10.9. The molecule has 2 aliphatic rings. The number of aryl methyl sites for hydroxylation is 1. The fraction of sp³-hybridized carbons (Fsp3) is 0.824. The lowest BCUT2D eigenvalue weighted by molar-refractivity contribution is -0.0668. The topological polar surface area (TPSA) is 58.3 Å². The molecule has 1 saturated heterocycles. The minimum Gasteiger partial charge on any atom is -0.356 e. The highest BCUT2D eigenvalue weighted by Gasteiger charge is 2.53. The number of hydrogen-bond donors (Lipinski definition) is 1. The van der Waals surface area contributed by atoms with E-state index >= 15 is 0 Å². The molecule has 23 heavy (non-hydrogen) atoms. The molecule has 0 atom stereocenters. The van der Waals surface area contributed by atoms with Gasteiger partial charge in [-0.15, -0.1) is 10.2 Å². The molecule has 0 radical (unpaired) electrons. The van der Waals surface area contributed by atoms with Gasteiger partial charge in [-0.1, -0.05) is 13.8 Å². The quantitative estimate of drug-likeness (QED) is 0.686. The van der Waals surface area contributed by atoms with E-state index < -0.39 is 0 Å². The van der Waals surface area contributed by atoms with Crippen LogP contribution in [0.5, 0.6) is 0 Å². The van der Waals surface area contributed by atoms with Gasteiger partial charge in [-0.05, 0) is 33.6 Å². The van der Waals surface area contributed by atoms with Crippen LogP contribution in [0.25, 0.3) is 0 Å². The minimum atomic E-state index is 0.109. The summed E-state index contributed by atoms with van der Waals surface area (Å²) >= 11 is 0. The SMILES string of the molecule is CCNC(=NCc1nnc2n1CCCC2)N1CC(C)(C)C1(C)C. The van der Waals surface area contributed by atoms with E-state index in [1.54, 1.807) is 0 Å². The molecule has 2 aliphatic heterocycles. The molecule has 6 nitrogen and oxygen atoms in total. The molecule has 0 spiro atoms. The van der Waals surface area contributed by atoms with E-state index in [4.69, 9.17) is 4.99 Å². The standard InChI is InChI=1S/C17H30N6/c1-6-18-15(23-12-16(2,3)17(23,4)5)19-11-14-21-20-13-9-7-8-10-22(13)14/h6-12H2,1-5H3,(H,18,19). The molecule has 0 saturated carbocycles. The summed E-state index contributed by atoms with van der Waals surface area (Å²) in [5, 5.41) is 12.1. The van der Waals surface area contributed by atoms with Crippen molar-refractivity contribution in [1.29, 1.82) is 0 Å². The molecule has 0 bridgehead atoms. The van der Waals surface area contributed by atoms with Gasteiger partial charge in [0.2, 0.25) is 0 Å². The Hall–Kier alpha value is -1.59. The predicted molar refractivity (Wildman–Crippen MR) is 92.3 cm³/mol. The van der Waals surface area contributed by atoms with Gasteiger partial charge < -0.3 is 14.8 Å². The van der Waals surface area contributed by atoms with Gasteiger partial charge in [-0.2, -0.15) is 0 Å². The molecule has 3 heterocycles. The Morgan fingerprint density at radius 2 is 2.00 bits per heavy atom. The smallest absolute Gasteiger partial charge is 0.194 e. The number of fused-ring (bicyclic) bond motifs is 1. The number of aliphatic imine (C=N–C) groups is 1. The summed E-state index contributed by atoms with van der Waals surface area (Å²) in [6, 6.07) is 0. The molecule has 3 rings (SSSR count). The molecule has 0 aliphatic carbocycles. The van der Waals surface area contributed by atoms with E-state index in [-0.39, 0.29) is 5.54 Å². The second kappa shape index (κ2) is 5.80. The van der Waals surface area contributed by atoms with Gasteiger partial charge in [-0.25, -0.2) is 4.99 Å². The Balaban J connectivity index is 1.77. The largest absolute Gasteiger partial charge is 0.356 e. The Morgan fingerprint density at radius 3 is 2.65 bits per heavy atom. The highest BCUT2D eigenvalue weighted by molar-refractivity contribution is 5.82. The second-order valence-electron chi connectivity index (χ2n) is 7.84. The first-order valence-electron chi connectivity index (χ1n) is 8.84. The lowest BCUT2D eigenvalue weighted by atomic mass is 9.65. The Kier molecular flexibility index (Phi) is 4.10. The molecule has 0 amide bonds. The average Bonchev–Trinajstić information content (AvgIpc) is 2.93. The minimum absolute atomic E-state index is 0.109. The van der Waals surface area contributed by atoms with Crippen LogP contribution in [0.4, 0.5) is 0 Å². The van der Waals surface area contributed by atoms with Gasteiger partial charge in [0.1, 0.15) is 12.4 Å². The van der Waals surface area contributed by atoms with E-state index in [1.165, 1.54) is 12.8 Å². The molecular weight excluding hydrogens is 288 g/mol. The maximum absolute atomic E-state index is 4.86. The van der Waals surface area contributed by atoms with Gasteiger partial charge in [0, 0.05) is 37.0 Å². The van der Waals surface area contributed by atoms with Crippen molar-refractivity contribution in [3.05, 3.63) is 11.6 Å². The molecular formula is C17H30N6. The van der Waals surface area contributed by atoms with Crippen LogP contribution in [0, 0.1) is 5.41 Å². The lowest BCUT2D eigenvalue weighted by Gasteiger charge is -2.62. The molecule has 128 valence electrons. The van der Waals surface area contributed by atoms with Gasteiger partial charge in [-0.3, -0.25) is 0 Å². The molecule has 0 aromatic carbocycles. The second-order valence-corrected chi connectivity index (χ2v) is 7.84. The summed E-state index contributed by atoms with van der Waals surface area (Å²) in [5.74, 6) is 3.11. The zero-order valence-electron chi connectivity index (χ0n) is 15.2. The Labute approximate surface area is 139 Å². The van der Waals surface area contributed by atoms with Crippen molar-refractivity contribution in [2.24, 2.45) is 10.4 Å². The van der Waals surface area contributed by atoms with E-state index in [2.05, 4.69) is 59.6 Å². The first-order valence-corrected chi connectivity index (χ1v) is 8.84. The van der Waals surface area contributed by atoms with Crippen LogP contribution in [0.15, 0.2) is 4.99 Å². The van der Waals surface area contributed by atoms with E-state index in [0.717, 1.165) is 43.7 Å². The number of rotatable bonds is 3.